The molecule has 108 valence electrons. The standard InChI is InChI=1S/C13H8F3N3OS/c1-7-10(21-12(18-7)13(14,15)16)11(20)19-9-5-3-2-4-8(9)6-17/h2-5H,1H3,(H,19,20). The van der Waals surface area contributed by atoms with Gasteiger partial charge >= 0.3 is 6.18 Å². The summed E-state index contributed by atoms with van der Waals surface area (Å²) in [7, 11) is 0. The lowest BCUT2D eigenvalue weighted by Gasteiger charge is -2.05. The third-order valence-electron chi connectivity index (χ3n) is 2.54. The van der Waals surface area contributed by atoms with Crippen molar-refractivity contribution in [2.75, 3.05) is 5.32 Å². The number of aromatic nitrogens is 1. The molecular weight excluding hydrogens is 303 g/mol. The number of benzene rings is 1. The lowest BCUT2D eigenvalue weighted by molar-refractivity contribution is -0.137. The molecule has 4 nitrogen and oxygen atoms in total. The first kappa shape index (κ1) is 15.0. The normalized spacial score (nSPS) is 11.0. The average Bonchev–Trinajstić information content (AvgIpc) is 2.81. The van der Waals surface area contributed by atoms with Crippen LogP contribution < -0.4 is 5.32 Å². The Hall–Kier alpha value is -2.40. The lowest BCUT2D eigenvalue weighted by atomic mass is 10.2. The summed E-state index contributed by atoms with van der Waals surface area (Å²) in [5, 5.41) is 10.3. The van der Waals surface area contributed by atoms with Crippen molar-refractivity contribution in [1.82, 2.24) is 4.98 Å². The zero-order valence-electron chi connectivity index (χ0n) is 10.7. The van der Waals surface area contributed by atoms with E-state index in [-0.39, 0.29) is 33.2 Å². The molecule has 0 atom stereocenters. The van der Waals surface area contributed by atoms with E-state index in [0.29, 0.717) is 0 Å². The van der Waals surface area contributed by atoms with Crippen molar-refractivity contribution in [3.05, 3.63) is 45.4 Å². The number of alkyl halides is 3. The first-order valence-electron chi connectivity index (χ1n) is 5.68. The van der Waals surface area contributed by atoms with Crippen LogP contribution in [0.4, 0.5) is 18.9 Å². The monoisotopic (exact) mass is 311 g/mol. The molecule has 0 unspecified atom stereocenters. The van der Waals surface area contributed by atoms with Crippen LogP contribution in [0.3, 0.4) is 0 Å². The molecule has 0 aliphatic carbocycles. The highest BCUT2D eigenvalue weighted by molar-refractivity contribution is 7.14. The number of hydrogen-bond donors (Lipinski definition) is 1. The number of para-hydroxylation sites is 1. The number of nitrogens with zero attached hydrogens (tertiary/aromatic N) is 2. The maximum absolute atomic E-state index is 12.6. The summed E-state index contributed by atoms with van der Waals surface area (Å²) in [5.74, 6) is -0.719. The van der Waals surface area contributed by atoms with Gasteiger partial charge in [0.15, 0.2) is 5.01 Å². The minimum Gasteiger partial charge on any atom is -0.320 e. The summed E-state index contributed by atoms with van der Waals surface area (Å²) in [5.41, 5.74) is 0.467. The molecule has 1 heterocycles. The summed E-state index contributed by atoms with van der Waals surface area (Å²) < 4.78 is 37.7. The second-order valence-corrected chi connectivity index (χ2v) is 5.04. The molecule has 1 N–H and O–H groups in total. The molecule has 1 amide bonds. The second-order valence-electron chi connectivity index (χ2n) is 4.04. The predicted octanol–water partition coefficient (Wildman–Crippen LogP) is 3.59. The maximum atomic E-state index is 12.6. The van der Waals surface area contributed by atoms with Gasteiger partial charge in [-0.1, -0.05) is 12.1 Å². The van der Waals surface area contributed by atoms with E-state index in [1.54, 1.807) is 12.1 Å². The molecule has 1 aromatic carbocycles. The van der Waals surface area contributed by atoms with Gasteiger partial charge in [0.25, 0.3) is 5.91 Å². The van der Waals surface area contributed by atoms with E-state index < -0.39 is 17.1 Å². The van der Waals surface area contributed by atoms with Gasteiger partial charge in [0.2, 0.25) is 0 Å². The van der Waals surface area contributed by atoms with E-state index in [9.17, 15) is 18.0 Å². The molecule has 0 aliphatic heterocycles. The molecule has 0 spiro atoms. The van der Waals surface area contributed by atoms with Crippen molar-refractivity contribution in [2.45, 2.75) is 13.1 Å². The number of amides is 1. The van der Waals surface area contributed by atoms with Crippen molar-refractivity contribution in [3.63, 3.8) is 0 Å². The Morgan fingerprint density at radius 1 is 1.38 bits per heavy atom. The van der Waals surface area contributed by atoms with Crippen LogP contribution in [0.15, 0.2) is 24.3 Å². The van der Waals surface area contributed by atoms with Crippen LogP contribution in [-0.4, -0.2) is 10.9 Å². The Balaban J connectivity index is 2.30. The third-order valence-corrected chi connectivity index (χ3v) is 3.74. The summed E-state index contributed by atoms with van der Waals surface area (Å²) >= 11 is 0.276. The van der Waals surface area contributed by atoms with Gasteiger partial charge in [-0.15, -0.1) is 11.3 Å². The van der Waals surface area contributed by atoms with Crippen molar-refractivity contribution in [3.8, 4) is 6.07 Å². The number of carbonyl (C=O) groups is 1. The van der Waals surface area contributed by atoms with Crippen molar-refractivity contribution < 1.29 is 18.0 Å². The fourth-order valence-electron chi connectivity index (χ4n) is 1.60. The average molecular weight is 311 g/mol. The van der Waals surface area contributed by atoms with Crippen LogP contribution in [0.2, 0.25) is 0 Å². The number of aryl methyl sites for hydroxylation is 1. The van der Waals surface area contributed by atoms with Crippen molar-refractivity contribution >= 4 is 22.9 Å². The zero-order chi connectivity index (χ0) is 15.6. The van der Waals surface area contributed by atoms with Gasteiger partial charge in [-0.25, -0.2) is 4.98 Å². The number of nitrogens with one attached hydrogen (secondary N) is 1. The van der Waals surface area contributed by atoms with Gasteiger partial charge in [0.1, 0.15) is 10.9 Å². The van der Waals surface area contributed by atoms with Gasteiger partial charge in [0.05, 0.1) is 16.9 Å². The fourth-order valence-corrected chi connectivity index (χ4v) is 2.43. The Kier molecular flexibility index (Phi) is 3.95. The molecule has 0 fully saturated rings. The molecule has 0 bridgehead atoms. The zero-order valence-corrected chi connectivity index (χ0v) is 11.5. The first-order chi connectivity index (χ1) is 9.82. The number of halogens is 3. The van der Waals surface area contributed by atoms with E-state index in [4.69, 9.17) is 5.26 Å². The Morgan fingerprint density at radius 2 is 2.05 bits per heavy atom. The van der Waals surface area contributed by atoms with Crippen LogP contribution in [0.5, 0.6) is 0 Å². The number of rotatable bonds is 2. The molecule has 0 saturated carbocycles. The Labute approximate surface area is 121 Å². The van der Waals surface area contributed by atoms with Crippen LogP contribution in [0.25, 0.3) is 0 Å². The molecule has 2 aromatic rings. The topological polar surface area (TPSA) is 65.8 Å². The van der Waals surface area contributed by atoms with Gasteiger partial charge in [-0.2, -0.15) is 18.4 Å². The predicted molar refractivity (Wildman–Crippen MR) is 71.0 cm³/mol. The SMILES string of the molecule is Cc1nc(C(F)(F)F)sc1C(=O)Nc1ccccc1C#N. The summed E-state index contributed by atoms with van der Waals surface area (Å²) in [6.07, 6.45) is -4.58. The smallest absolute Gasteiger partial charge is 0.320 e. The van der Waals surface area contributed by atoms with Gasteiger partial charge in [-0.05, 0) is 19.1 Å². The molecule has 1 aromatic heterocycles. The third kappa shape index (κ3) is 3.20. The Morgan fingerprint density at radius 3 is 2.62 bits per heavy atom. The molecule has 0 aliphatic rings. The first-order valence-corrected chi connectivity index (χ1v) is 6.49. The van der Waals surface area contributed by atoms with Gasteiger partial charge in [-0.3, -0.25) is 4.79 Å². The summed E-state index contributed by atoms with van der Waals surface area (Å²) in [6, 6.07) is 8.11. The minimum atomic E-state index is -4.58. The largest absolute Gasteiger partial charge is 0.443 e. The molecule has 21 heavy (non-hydrogen) atoms. The second kappa shape index (κ2) is 5.54. The van der Waals surface area contributed by atoms with E-state index >= 15 is 0 Å². The number of anilines is 1. The number of nitriles is 1. The lowest BCUT2D eigenvalue weighted by Crippen LogP contribution is -2.12. The van der Waals surface area contributed by atoms with Crippen LogP contribution >= 0.6 is 11.3 Å². The van der Waals surface area contributed by atoms with E-state index in [1.807, 2.05) is 6.07 Å². The molecule has 0 radical (unpaired) electrons. The molecular formula is C13H8F3N3OS. The van der Waals surface area contributed by atoms with Gasteiger partial charge in [0, 0.05) is 0 Å². The molecule has 0 saturated heterocycles. The highest BCUT2D eigenvalue weighted by Crippen LogP contribution is 2.34. The highest BCUT2D eigenvalue weighted by atomic mass is 32.1. The summed E-state index contributed by atoms with van der Waals surface area (Å²) in [4.78, 5) is 15.3. The van der Waals surface area contributed by atoms with Crippen LogP contribution in [0.1, 0.15) is 25.9 Å². The summed E-state index contributed by atoms with van der Waals surface area (Å²) in [6.45, 7) is 1.33. The maximum Gasteiger partial charge on any atom is 0.443 e. The van der Waals surface area contributed by atoms with E-state index in [0.717, 1.165) is 0 Å². The molecule has 2 rings (SSSR count). The number of thiazole rings is 1. The van der Waals surface area contributed by atoms with Crippen LogP contribution in [0, 0.1) is 18.3 Å². The Bertz CT molecular complexity index is 731. The van der Waals surface area contributed by atoms with Crippen LogP contribution in [-0.2, 0) is 6.18 Å². The molecule has 8 heteroatoms. The number of carbonyl (C=O) groups excluding carboxylic acids is 1. The van der Waals surface area contributed by atoms with Gasteiger partial charge < -0.3 is 5.32 Å². The van der Waals surface area contributed by atoms with E-state index in [2.05, 4.69) is 10.3 Å². The fraction of sp³-hybridized carbons (Fsp3) is 0.154. The highest BCUT2D eigenvalue weighted by Gasteiger charge is 2.36. The number of hydrogen-bond acceptors (Lipinski definition) is 4. The minimum absolute atomic E-state index is 0.000682. The van der Waals surface area contributed by atoms with Crippen molar-refractivity contribution in [1.29, 1.82) is 5.26 Å². The van der Waals surface area contributed by atoms with Crippen molar-refractivity contribution in [2.24, 2.45) is 0 Å². The van der Waals surface area contributed by atoms with E-state index in [1.165, 1.54) is 19.1 Å². The quantitative estimate of drug-likeness (QED) is 0.921.